The van der Waals surface area contributed by atoms with Gasteiger partial charge in [0.05, 0.1) is 6.61 Å². The quantitative estimate of drug-likeness (QED) is 0.599. The van der Waals surface area contributed by atoms with Crippen molar-refractivity contribution in [2.24, 2.45) is 0 Å². The van der Waals surface area contributed by atoms with E-state index in [9.17, 15) is 15.3 Å². The molecule has 1 aromatic rings. The van der Waals surface area contributed by atoms with Gasteiger partial charge in [-0.3, -0.25) is 0 Å². The van der Waals surface area contributed by atoms with Crippen LogP contribution in [0, 0.1) is 0 Å². The van der Waals surface area contributed by atoms with E-state index in [0.717, 1.165) is 5.56 Å². The predicted octanol–water partition coefficient (Wildman–Crippen LogP) is -0.351. The van der Waals surface area contributed by atoms with Crippen molar-refractivity contribution in [1.82, 2.24) is 5.32 Å². The summed E-state index contributed by atoms with van der Waals surface area (Å²) in [5, 5.41) is 33.1. The Balaban J connectivity index is 1.89. The number of ether oxygens (including phenoxy) is 1. The first-order chi connectivity index (χ1) is 9.12. The summed E-state index contributed by atoms with van der Waals surface area (Å²) in [5.74, 6) is 0. The van der Waals surface area contributed by atoms with Gasteiger partial charge in [0.15, 0.2) is 0 Å². The smallest absolute Gasteiger partial charge is 0.112 e. The molecule has 1 aliphatic rings. The summed E-state index contributed by atoms with van der Waals surface area (Å²) >= 11 is 0. The Morgan fingerprint density at radius 1 is 1.26 bits per heavy atom. The van der Waals surface area contributed by atoms with Crippen molar-refractivity contribution >= 4 is 0 Å². The second kappa shape index (κ2) is 6.45. The summed E-state index contributed by atoms with van der Waals surface area (Å²) in [6.45, 7) is 1.20. The number of nitrogens with one attached hydrogen (secondary N) is 1. The van der Waals surface area contributed by atoms with E-state index < -0.39 is 17.8 Å². The molecule has 0 spiro atoms. The molecule has 0 bridgehead atoms. The first-order valence-corrected chi connectivity index (χ1v) is 6.53. The van der Waals surface area contributed by atoms with Crippen molar-refractivity contribution in [3.8, 4) is 0 Å². The molecule has 3 atom stereocenters. The van der Waals surface area contributed by atoms with E-state index in [4.69, 9.17) is 4.74 Å². The van der Waals surface area contributed by atoms with Crippen LogP contribution < -0.4 is 5.32 Å². The van der Waals surface area contributed by atoms with Gasteiger partial charge in [-0.1, -0.05) is 30.3 Å². The highest BCUT2D eigenvalue weighted by atomic mass is 16.5. The molecule has 1 aliphatic heterocycles. The zero-order chi connectivity index (χ0) is 13.7. The number of benzene rings is 1. The number of aliphatic hydroxyl groups is 3. The lowest BCUT2D eigenvalue weighted by atomic mass is 9.90. The third-order valence-electron chi connectivity index (χ3n) is 3.49. The standard InChI is InChI=1S/C14H21NO4/c16-12-9-19-7-6-14(18,13(12)17)10-15-8-11-4-2-1-3-5-11/h1-5,12-13,15-18H,6-10H2/t12-,13-,14-/m0/s1. The topological polar surface area (TPSA) is 82.0 Å². The molecule has 5 nitrogen and oxygen atoms in total. The fourth-order valence-electron chi connectivity index (χ4n) is 2.26. The summed E-state index contributed by atoms with van der Waals surface area (Å²) in [6.07, 6.45) is -1.95. The van der Waals surface area contributed by atoms with Gasteiger partial charge in [-0.05, 0) is 5.56 Å². The zero-order valence-corrected chi connectivity index (χ0v) is 10.8. The van der Waals surface area contributed by atoms with Crippen LogP contribution in [0.2, 0.25) is 0 Å². The van der Waals surface area contributed by atoms with E-state index in [2.05, 4.69) is 5.32 Å². The summed E-state index contributed by atoms with van der Waals surface area (Å²) in [4.78, 5) is 0. The first-order valence-electron chi connectivity index (χ1n) is 6.53. The summed E-state index contributed by atoms with van der Waals surface area (Å²) in [7, 11) is 0. The largest absolute Gasteiger partial charge is 0.388 e. The van der Waals surface area contributed by atoms with Gasteiger partial charge in [0.2, 0.25) is 0 Å². The lowest BCUT2D eigenvalue weighted by molar-refractivity contribution is -0.119. The maximum atomic E-state index is 10.4. The molecule has 0 unspecified atom stereocenters. The monoisotopic (exact) mass is 267 g/mol. The average molecular weight is 267 g/mol. The molecule has 0 aliphatic carbocycles. The average Bonchev–Trinajstić information content (AvgIpc) is 2.54. The molecule has 1 saturated heterocycles. The number of hydrogen-bond acceptors (Lipinski definition) is 5. The molecule has 1 heterocycles. The molecular weight excluding hydrogens is 246 g/mol. The van der Waals surface area contributed by atoms with Crippen LogP contribution in [0.3, 0.4) is 0 Å². The third kappa shape index (κ3) is 3.75. The molecule has 4 N–H and O–H groups in total. The van der Waals surface area contributed by atoms with Crippen molar-refractivity contribution in [2.75, 3.05) is 19.8 Å². The Labute approximate surface area is 112 Å². The fraction of sp³-hybridized carbons (Fsp3) is 0.571. The van der Waals surface area contributed by atoms with Crippen LogP contribution in [0.1, 0.15) is 12.0 Å². The summed E-state index contributed by atoms with van der Waals surface area (Å²) < 4.78 is 5.14. The van der Waals surface area contributed by atoms with Crippen LogP contribution in [0.5, 0.6) is 0 Å². The highest BCUT2D eigenvalue weighted by Crippen LogP contribution is 2.21. The van der Waals surface area contributed by atoms with Crippen LogP contribution in [0.15, 0.2) is 30.3 Å². The predicted molar refractivity (Wildman–Crippen MR) is 70.5 cm³/mol. The van der Waals surface area contributed by atoms with Crippen LogP contribution in [-0.4, -0.2) is 52.9 Å². The lowest BCUT2D eigenvalue weighted by Crippen LogP contribution is -2.54. The lowest BCUT2D eigenvalue weighted by Gasteiger charge is -2.33. The summed E-state index contributed by atoms with van der Waals surface area (Å²) in [5.41, 5.74) is -0.254. The van der Waals surface area contributed by atoms with Gasteiger partial charge in [-0.15, -0.1) is 0 Å². The van der Waals surface area contributed by atoms with E-state index in [-0.39, 0.29) is 13.2 Å². The van der Waals surface area contributed by atoms with Gasteiger partial charge in [-0.2, -0.15) is 0 Å². The minimum absolute atomic E-state index is 0.0577. The van der Waals surface area contributed by atoms with E-state index in [1.165, 1.54) is 0 Å². The Morgan fingerprint density at radius 2 is 2.00 bits per heavy atom. The second-order valence-corrected chi connectivity index (χ2v) is 5.03. The molecule has 0 amide bonds. The molecular formula is C14H21NO4. The molecule has 19 heavy (non-hydrogen) atoms. The maximum absolute atomic E-state index is 10.4. The minimum Gasteiger partial charge on any atom is -0.388 e. The molecule has 0 radical (unpaired) electrons. The Morgan fingerprint density at radius 3 is 2.74 bits per heavy atom. The molecule has 0 saturated carbocycles. The summed E-state index contributed by atoms with van der Waals surface area (Å²) in [6, 6.07) is 9.81. The molecule has 5 heteroatoms. The molecule has 2 rings (SSSR count). The van der Waals surface area contributed by atoms with Crippen molar-refractivity contribution in [1.29, 1.82) is 0 Å². The second-order valence-electron chi connectivity index (χ2n) is 5.03. The third-order valence-corrected chi connectivity index (χ3v) is 3.49. The van der Waals surface area contributed by atoms with Crippen LogP contribution in [0.25, 0.3) is 0 Å². The van der Waals surface area contributed by atoms with Crippen molar-refractivity contribution < 1.29 is 20.1 Å². The molecule has 1 aromatic carbocycles. The Bertz CT molecular complexity index is 386. The van der Waals surface area contributed by atoms with Crippen molar-refractivity contribution in [3.63, 3.8) is 0 Å². The van der Waals surface area contributed by atoms with Crippen LogP contribution >= 0.6 is 0 Å². The van der Waals surface area contributed by atoms with Gasteiger partial charge >= 0.3 is 0 Å². The van der Waals surface area contributed by atoms with E-state index in [1.807, 2.05) is 30.3 Å². The van der Waals surface area contributed by atoms with E-state index >= 15 is 0 Å². The fourth-order valence-corrected chi connectivity index (χ4v) is 2.26. The number of hydrogen-bond donors (Lipinski definition) is 4. The number of rotatable bonds is 4. The Hall–Kier alpha value is -0.980. The SMILES string of the molecule is O[C@H]1COCC[C@](O)(CNCc2ccccc2)[C@H]1O. The number of aliphatic hydroxyl groups excluding tert-OH is 2. The highest BCUT2D eigenvalue weighted by Gasteiger charge is 2.41. The minimum atomic E-state index is -1.36. The van der Waals surface area contributed by atoms with E-state index in [0.29, 0.717) is 19.6 Å². The normalized spacial score (nSPS) is 31.9. The van der Waals surface area contributed by atoms with Crippen molar-refractivity contribution in [3.05, 3.63) is 35.9 Å². The van der Waals surface area contributed by atoms with Gasteiger partial charge < -0.3 is 25.4 Å². The Kier molecular flexibility index (Phi) is 4.90. The van der Waals surface area contributed by atoms with Crippen LogP contribution in [0.4, 0.5) is 0 Å². The van der Waals surface area contributed by atoms with Gasteiger partial charge in [0.1, 0.15) is 17.8 Å². The maximum Gasteiger partial charge on any atom is 0.112 e. The van der Waals surface area contributed by atoms with Gasteiger partial charge in [0.25, 0.3) is 0 Å². The molecule has 106 valence electrons. The molecule has 1 fully saturated rings. The first kappa shape index (κ1) is 14.4. The van der Waals surface area contributed by atoms with Gasteiger partial charge in [0, 0.05) is 26.1 Å². The van der Waals surface area contributed by atoms with Gasteiger partial charge in [-0.25, -0.2) is 0 Å². The highest BCUT2D eigenvalue weighted by molar-refractivity contribution is 5.14. The van der Waals surface area contributed by atoms with Crippen molar-refractivity contribution in [2.45, 2.75) is 30.8 Å². The molecule has 0 aromatic heterocycles. The van der Waals surface area contributed by atoms with Crippen LogP contribution in [-0.2, 0) is 11.3 Å². The zero-order valence-electron chi connectivity index (χ0n) is 10.8. The van der Waals surface area contributed by atoms with E-state index in [1.54, 1.807) is 0 Å².